The molecule has 1 atom stereocenters. The maximum absolute atomic E-state index is 13.1. The molecule has 0 unspecified atom stereocenters. The number of aryl methyl sites for hydroxylation is 1. The normalized spacial score (nSPS) is 19.7. The zero-order valence-corrected chi connectivity index (χ0v) is 19.8. The lowest BCUT2D eigenvalue weighted by Gasteiger charge is -2.31. The van der Waals surface area contributed by atoms with E-state index in [1.165, 1.54) is 23.9 Å². The fourth-order valence-corrected chi connectivity index (χ4v) is 6.96. The van der Waals surface area contributed by atoms with Gasteiger partial charge in [0, 0.05) is 19.0 Å². The molecule has 1 aliphatic carbocycles. The van der Waals surface area contributed by atoms with Crippen molar-refractivity contribution < 1.29 is 17.9 Å². The molecule has 1 amide bonds. The number of hydrogen-bond donors (Lipinski definition) is 1. The van der Waals surface area contributed by atoms with Crippen LogP contribution in [0.2, 0.25) is 0 Å². The summed E-state index contributed by atoms with van der Waals surface area (Å²) in [6, 6.07) is 10.2. The van der Waals surface area contributed by atoms with Crippen LogP contribution in [0.1, 0.15) is 47.2 Å². The van der Waals surface area contributed by atoms with Crippen molar-refractivity contribution in [3.05, 3.63) is 63.6 Å². The van der Waals surface area contributed by atoms with Gasteiger partial charge in [0.15, 0.2) is 9.84 Å². The molecule has 5 rings (SSSR count). The number of ether oxygens (including phenoxy) is 1. The Morgan fingerprint density at radius 3 is 2.74 bits per heavy atom. The smallest absolute Gasteiger partial charge is 0.263 e. The zero-order chi connectivity index (χ0) is 24.8. The highest BCUT2D eigenvalue weighted by Crippen LogP contribution is 2.52. The number of sulfone groups is 1. The fourth-order valence-electron chi connectivity index (χ4n) is 4.72. The monoisotopic (exact) mass is 493 g/mol. The molecule has 2 aliphatic rings. The maximum Gasteiger partial charge on any atom is 0.263 e. The van der Waals surface area contributed by atoms with Crippen LogP contribution in [0, 0.1) is 11.3 Å². The highest BCUT2D eigenvalue weighted by molar-refractivity contribution is 7.93. The number of amides is 1. The first-order valence-corrected chi connectivity index (χ1v) is 12.9. The summed E-state index contributed by atoms with van der Waals surface area (Å²) >= 11 is 0. The number of pyridine rings is 1. The quantitative estimate of drug-likeness (QED) is 0.565. The van der Waals surface area contributed by atoms with Crippen molar-refractivity contribution >= 4 is 26.6 Å². The van der Waals surface area contributed by atoms with E-state index in [2.05, 4.69) is 15.5 Å². The SMILES string of the molecule is Cn1c(=O)c(C(=O)NCc2ccc(C#N)cc2)cc2cnnc(O[C@@H]3CCCS(=O)(=O)C34CC4)c21. The van der Waals surface area contributed by atoms with E-state index < -0.39 is 32.2 Å². The van der Waals surface area contributed by atoms with Gasteiger partial charge in [-0.3, -0.25) is 9.59 Å². The molecule has 3 heterocycles. The molecule has 1 aliphatic heterocycles. The highest BCUT2D eigenvalue weighted by atomic mass is 32.2. The van der Waals surface area contributed by atoms with Crippen LogP contribution in [0.3, 0.4) is 0 Å². The number of nitrogens with zero attached hydrogens (tertiary/aromatic N) is 4. The molecule has 1 saturated heterocycles. The Bertz CT molecular complexity index is 1540. The summed E-state index contributed by atoms with van der Waals surface area (Å²) in [7, 11) is -1.74. The van der Waals surface area contributed by atoms with Gasteiger partial charge in [0.2, 0.25) is 0 Å². The third-order valence-corrected chi connectivity index (χ3v) is 9.59. The van der Waals surface area contributed by atoms with Gasteiger partial charge in [-0.05, 0) is 49.4 Å². The van der Waals surface area contributed by atoms with E-state index in [-0.39, 0.29) is 23.7 Å². The molecule has 1 saturated carbocycles. The summed E-state index contributed by atoms with van der Waals surface area (Å²) in [4.78, 5) is 25.9. The predicted octanol–water partition coefficient (Wildman–Crippen LogP) is 1.62. The molecule has 10 nitrogen and oxygen atoms in total. The second kappa shape index (κ2) is 8.46. The van der Waals surface area contributed by atoms with Gasteiger partial charge in [-0.1, -0.05) is 12.1 Å². The van der Waals surface area contributed by atoms with Gasteiger partial charge in [-0.2, -0.15) is 10.4 Å². The number of carbonyl (C=O) groups is 1. The molecule has 0 bridgehead atoms. The average molecular weight is 494 g/mol. The molecule has 2 aromatic heterocycles. The fraction of sp³-hybridized carbons (Fsp3) is 0.375. The molecular weight excluding hydrogens is 470 g/mol. The molecular formula is C24H23N5O5S. The van der Waals surface area contributed by atoms with Crippen LogP contribution in [0.4, 0.5) is 0 Å². The van der Waals surface area contributed by atoms with Crippen molar-refractivity contribution in [1.29, 1.82) is 5.26 Å². The van der Waals surface area contributed by atoms with Gasteiger partial charge in [-0.25, -0.2) is 8.42 Å². The number of rotatable bonds is 5. The molecule has 2 fully saturated rings. The summed E-state index contributed by atoms with van der Waals surface area (Å²) in [5, 5.41) is 20.1. The minimum absolute atomic E-state index is 0.0634. The minimum Gasteiger partial charge on any atom is -0.470 e. The van der Waals surface area contributed by atoms with E-state index in [9.17, 15) is 18.0 Å². The molecule has 11 heteroatoms. The minimum atomic E-state index is -3.25. The molecule has 1 N–H and O–H groups in total. The van der Waals surface area contributed by atoms with Crippen molar-refractivity contribution in [2.75, 3.05) is 5.75 Å². The first kappa shape index (κ1) is 23.0. The molecule has 3 aromatic rings. The number of hydrogen-bond acceptors (Lipinski definition) is 8. The van der Waals surface area contributed by atoms with Crippen LogP contribution in [0.5, 0.6) is 5.88 Å². The van der Waals surface area contributed by atoms with Gasteiger partial charge >= 0.3 is 0 Å². The van der Waals surface area contributed by atoms with Crippen LogP contribution >= 0.6 is 0 Å². The van der Waals surface area contributed by atoms with E-state index in [0.29, 0.717) is 42.1 Å². The van der Waals surface area contributed by atoms with Crippen LogP contribution in [0.25, 0.3) is 10.9 Å². The van der Waals surface area contributed by atoms with Crippen LogP contribution in [-0.2, 0) is 23.4 Å². The topological polar surface area (TPSA) is 144 Å². The molecule has 35 heavy (non-hydrogen) atoms. The van der Waals surface area contributed by atoms with Gasteiger partial charge < -0.3 is 14.6 Å². The largest absolute Gasteiger partial charge is 0.470 e. The van der Waals surface area contributed by atoms with Crippen molar-refractivity contribution in [3.63, 3.8) is 0 Å². The Kier molecular flexibility index (Phi) is 5.56. The number of fused-ring (bicyclic) bond motifs is 1. The zero-order valence-electron chi connectivity index (χ0n) is 19.0. The predicted molar refractivity (Wildman–Crippen MR) is 127 cm³/mol. The lowest BCUT2D eigenvalue weighted by atomic mass is 10.1. The van der Waals surface area contributed by atoms with E-state index in [0.717, 1.165) is 5.56 Å². The maximum atomic E-state index is 13.1. The van der Waals surface area contributed by atoms with Crippen LogP contribution in [-0.4, -0.2) is 45.7 Å². The molecule has 180 valence electrons. The van der Waals surface area contributed by atoms with Crippen LogP contribution < -0.4 is 15.6 Å². The summed E-state index contributed by atoms with van der Waals surface area (Å²) in [5.41, 5.74) is 1.05. The van der Waals surface area contributed by atoms with E-state index in [1.807, 2.05) is 6.07 Å². The number of carbonyl (C=O) groups excluding carboxylic acids is 1. The summed E-state index contributed by atoms with van der Waals surface area (Å²) in [6.07, 6.45) is 3.09. The third-order valence-electron chi connectivity index (χ3n) is 6.85. The number of nitrogens with one attached hydrogen (secondary N) is 1. The van der Waals surface area contributed by atoms with Crippen molar-refractivity contribution in [1.82, 2.24) is 20.1 Å². The highest BCUT2D eigenvalue weighted by Gasteiger charge is 2.62. The van der Waals surface area contributed by atoms with Gasteiger partial charge in [0.1, 0.15) is 21.9 Å². The van der Waals surface area contributed by atoms with Gasteiger partial charge in [0.25, 0.3) is 17.3 Å². The Hall–Kier alpha value is -3.78. The van der Waals surface area contributed by atoms with Crippen molar-refractivity contribution in [3.8, 4) is 11.9 Å². The summed E-state index contributed by atoms with van der Waals surface area (Å²) in [5.74, 6) is -0.306. The average Bonchev–Trinajstić information content (AvgIpc) is 3.66. The second-order valence-electron chi connectivity index (χ2n) is 9.00. The Labute approximate surface area is 201 Å². The lowest BCUT2D eigenvalue weighted by molar-refractivity contribution is 0.0949. The number of nitriles is 1. The number of aromatic nitrogens is 3. The molecule has 0 radical (unpaired) electrons. The Morgan fingerprint density at radius 1 is 1.31 bits per heavy atom. The van der Waals surface area contributed by atoms with Crippen molar-refractivity contribution in [2.24, 2.45) is 7.05 Å². The Balaban J connectivity index is 1.42. The number of benzene rings is 1. The van der Waals surface area contributed by atoms with E-state index in [1.54, 1.807) is 24.3 Å². The van der Waals surface area contributed by atoms with Crippen molar-refractivity contribution in [2.45, 2.75) is 43.1 Å². The standard InChI is InChI=1S/C24H23N5O5S/c1-29-20-17(11-18(23(29)31)21(30)26-13-16-6-4-15(12-25)5-7-16)14-27-28-22(20)34-19-3-2-10-35(32,33)24(19)8-9-24/h4-7,11,14,19H,2-3,8-10,13H2,1H3,(H,26,30)/t19-/m1/s1. The summed E-state index contributed by atoms with van der Waals surface area (Å²) < 4.78 is 31.8. The van der Waals surface area contributed by atoms with E-state index in [4.69, 9.17) is 10.00 Å². The third kappa shape index (κ3) is 3.93. The molecule has 1 spiro atoms. The Morgan fingerprint density at radius 2 is 2.06 bits per heavy atom. The first-order chi connectivity index (χ1) is 16.8. The first-order valence-electron chi connectivity index (χ1n) is 11.3. The van der Waals surface area contributed by atoms with Gasteiger partial charge in [-0.15, -0.1) is 5.10 Å². The lowest BCUT2D eigenvalue weighted by Crippen LogP contribution is -2.45. The van der Waals surface area contributed by atoms with Crippen LogP contribution in [0.15, 0.2) is 41.3 Å². The molecule has 1 aromatic carbocycles. The summed E-state index contributed by atoms with van der Waals surface area (Å²) in [6.45, 7) is 0.187. The second-order valence-corrected chi connectivity index (χ2v) is 11.5. The van der Waals surface area contributed by atoms with E-state index >= 15 is 0 Å². The van der Waals surface area contributed by atoms with Gasteiger partial charge in [0.05, 0.1) is 23.6 Å².